The molecular weight excluding hydrogens is 466 g/mol. The summed E-state index contributed by atoms with van der Waals surface area (Å²) in [7, 11) is 0. The Labute approximate surface area is 207 Å². The van der Waals surface area contributed by atoms with Gasteiger partial charge in [0.15, 0.2) is 11.2 Å². The topological polar surface area (TPSA) is 193 Å². The quantitative estimate of drug-likeness (QED) is 0.292. The Bertz CT molecular complexity index is 1310. The summed E-state index contributed by atoms with van der Waals surface area (Å²) in [5.41, 5.74) is 6.08. The second-order valence-corrected chi connectivity index (χ2v) is 8.99. The van der Waals surface area contributed by atoms with E-state index in [1.807, 2.05) is 0 Å². The highest BCUT2D eigenvalue weighted by Crippen LogP contribution is 2.19. The molecular formula is C24H31N7O5. The highest BCUT2D eigenvalue weighted by molar-refractivity contribution is 5.97. The number of anilines is 2. The first-order valence-electron chi connectivity index (χ1n) is 10.9. The number of rotatable bonds is 9. The molecule has 1 amide bonds. The average Bonchev–Trinajstić information content (AvgIpc) is 2.79. The fourth-order valence-electron chi connectivity index (χ4n) is 3.14. The number of nitrogens with one attached hydrogen (secondary N) is 3. The van der Waals surface area contributed by atoms with E-state index in [4.69, 9.17) is 5.73 Å². The predicted octanol–water partition coefficient (Wildman–Crippen LogP) is 2.12. The number of hydrogen-bond donors (Lipinski definition) is 5. The summed E-state index contributed by atoms with van der Waals surface area (Å²) in [6.07, 6.45) is 1.53. The summed E-state index contributed by atoms with van der Waals surface area (Å²) >= 11 is 0. The number of carboxylic acid groups (broad SMARTS) is 1. The van der Waals surface area contributed by atoms with E-state index in [2.05, 4.69) is 30.6 Å². The van der Waals surface area contributed by atoms with Crippen LogP contribution in [0.15, 0.2) is 35.3 Å². The monoisotopic (exact) mass is 497 g/mol. The van der Waals surface area contributed by atoms with Crippen LogP contribution in [-0.4, -0.2) is 48.7 Å². The lowest BCUT2D eigenvalue weighted by molar-refractivity contribution is -0.139. The highest BCUT2D eigenvalue weighted by Gasteiger charge is 2.26. The van der Waals surface area contributed by atoms with Gasteiger partial charge in [-0.05, 0) is 30.7 Å². The standard InChI is InChI=1S/C23H27N7O5.CH4/c1-23(2,3)16(31)9-8-15(21(34)35)28-19(32)12-4-6-13(7-5-12)25-10-14-11-26-18-17(27-14)20(33)30-22(24)29-18;/h4-7,11,15,25H,8-10H2,1-3H3,(H,28,32)(H,34,35)(H3,24,26,29,30,33);1H4/t15-;/m1./s1. The Morgan fingerprint density at radius 1 is 1.14 bits per heavy atom. The SMILES string of the molecule is C.CC(C)(C)C(=O)CC[C@@H](NC(=O)c1ccc(NCc2cnc3nc(N)[nH]c(=O)c3n2)cc1)C(=O)O. The maximum Gasteiger partial charge on any atom is 0.326 e. The number of carbonyl (C=O) groups excluding carboxylic acids is 2. The van der Waals surface area contributed by atoms with Gasteiger partial charge in [0.1, 0.15) is 11.8 Å². The molecule has 0 spiro atoms. The van der Waals surface area contributed by atoms with E-state index in [1.165, 1.54) is 6.20 Å². The molecule has 6 N–H and O–H groups in total. The number of ketones is 1. The van der Waals surface area contributed by atoms with E-state index in [0.29, 0.717) is 11.4 Å². The van der Waals surface area contributed by atoms with Crippen LogP contribution in [-0.2, 0) is 16.1 Å². The Hall–Kier alpha value is -4.35. The first-order valence-corrected chi connectivity index (χ1v) is 10.9. The molecule has 3 aromatic rings. The van der Waals surface area contributed by atoms with Gasteiger partial charge in [0.2, 0.25) is 5.95 Å². The highest BCUT2D eigenvalue weighted by atomic mass is 16.4. The smallest absolute Gasteiger partial charge is 0.326 e. The van der Waals surface area contributed by atoms with Crippen molar-refractivity contribution in [2.45, 2.75) is 53.6 Å². The second-order valence-electron chi connectivity index (χ2n) is 8.99. The van der Waals surface area contributed by atoms with Crippen LogP contribution in [0, 0.1) is 5.41 Å². The molecule has 0 aliphatic heterocycles. The van der Waals surface area contributed by atoms with Crippen molar-refractivity contribution in [2.24, 2.45) is 5.41 Å². The fourth-order valence-corrected chi connectivity index (χ4v) is 3.14. The minimum Gasteiger partial charge on any atom is -0.480 e. The zero-order valence-electron chi connectivity index (χ0n) is 19.6. The molecule has 0 unspecified atom stereocenters. The summed E-state index contributed by atoms with van der Waals surface area (Å²) in [5, 5.41) is 15.0. The molecule has 0 radical (unpaired) electrons. The van der Waals surface area contributed by atoms with E-state index in [-0.39, 0.29) is 55.3 Å². The van der Waals surface area contributed by atoms with Gasteiger partial charge in [-0.1, -0.05) is 28.2 Å². The Kier molecular flexibility index (Phi) is 8.82. The lowest BCUT2D eigenvalue weighted by Crippen LogP contribution is -2.41. The largest absolute Gasteiger partial charge is 0.480 e. The Morgan fingerprint density at radius 3 is 2.42 bits per heavy atom. The van der Waals surface area contributed by atoms with Crippen molar-refractivity contribution in [1.82, 2.24) is 25.3 Å². The van der Waals surface area contributed by atoms with Crippen LogP contribution in [0.2, 0.25) is 0 Å². The average molecular weight is 498 g/mol. The van der Waals surface area contributed by atoms with Gasteiger partial charge in [-0.25, -0.2) is 14.8 Å². The number of Topliss-reactive ketones (excluding diaryl/α,β-unsaturated/α-hetero) is 1. The minimum absolute atomic E-state index is 0. The maximum atomic E-state index is 12.5. The third-order valence-corrected chi connectivity index (χ3v) is 5.21. The van der Waals surface area contributed by atoms with Gasteiger partial charge in [0.05, 0.1) is 18.4 Å². The third kappa shape index (κ3) is 7.08. The summed E-state index contributed by atoms with van der Waals surface area (Å²) in [5.74, 6) is -1.88. The van der Waals surface area contributed by atoms with Crippen LogP contribution in [0.5, 0.6) is 0 Å². The summed E-state index contributed by atoms with van der Waals surface area (Å²) in [6, 6.07) is 5.21. The first-order chi connectivity index (χ1) is 16.4. The van der Waals surface area contributed by atoms with Crippen molar-refractivity contribution >= 4 is 40.5 Å². The number of aromatic nitrogens is 4. The number of nitrogen functional groups attached to an aromatic ring is 1. The molecule has 0 aliphatic rings. The van der Waals surface area contributed by atoms with Crippen LogP contribution in [0.4, 0.5) is 11.6 Å². The first kappa shape index (κ1) is 27.9. The molecule has 2 heterocycles. The van der Waals surface area contributed by atoms with Crippen LogP contribution in [0.25, 0.3) is 11.2 Å². The Morgan fingerprint density at radius 2 is 1.81 bits per heavy atom. The van der Waals surface area contributed by atoms with Crippen molar-refractivity contribution in [3.8, 4) is 0 Å². The summed E-state index contributed by atoms with van der Waals surface area (Å²) < 4.78 is 0. The van der Waals surface area contributed by atoms with Crippen molar-refractivity contribution in [2.75, 3.05) is 11.1 Å². The lowest BCUT2D eigenvalue weighted by Gasteiger charge is -2.19. The van der Waals surface area contributed by atoms with Gasteiger partial charge in [0, 0.05) is 23.1 Å². The van der Waals surface area contributed by atoms with E-state index in [0.717, 1.165) is 0 Å². The van der Waals surface area contributed by atoms with Gasteiger partial charge >= 0.3 is 5.97 Å². The number of aliphatic carboxylic acids is 1. The molecule has 1 aromatic carbocycles. The number of nitrogens with two attached hydrogens (primary N) is 1. The molecule has 36 heavy (non-hydrogen) atoms. The number of H-pyrrole nitrogens is 1. The van der Waals surface area contributed by atoms with Crippen LogP contribution < -0.4 is 21.9 Å². The number of carboxylic acids is 1. The minimum atomic E-state index is -1.20. The second kappa shape index (κ2) is 11.4. The molecule has 0 aliphatic carbocycles. The van der Waals surface area contributed by atoms with E-state index < -0.39 is 28.9 Å². The van der Waals surface area contributed by atoms with Crippen LogP contribution >= 0.6 is 0 Å². The molecule has 0 fully saturated rings. The van der Waals surface area contributed by atoms with Gasteiger partial charge in [0.25, 0.3) is 11.5 Å². The van der Waals surface area contributed by atoms with Gasteiger partial charge in [-0.2, -0.15) is 4.98 Å². The predicted molar refractivity (Wildman–Crippen MR) is 135 cm³/mol. The normalized spacial score (nSPS) is 11.9. The van der Waals surface area contributed by atoms with Crippen molar-refractivity contribution < 1.29 is 19.5 Å². The van der Waals surface area contributed by atoms with Gasteiger partial charge in [-0.3, -0.25) is 19.4 Å². The van der Waals surface area contributed by atoms with E-state index in [9.17, 15) is 24.3 Å². The van der Waals surface area contributed by atoms with E-state index in [1.54, 1.807) is 45.0 Å². The molecule has 2 aromatic heterocycles. The number of hydrogen-bond acceptors (Lipinski definition) is 9. The number of nitrogens with zero attached hydrogens (tertiary/aromatic N) is 3. The zero-order valence-corrected chi connectivity index (χ0v) is 19.6. The maximum absolute atomic E-state index is 12.5. The number of benzene rings is 1. The molecule has 192 valence electrons. The van der Waals surface area contributed by atoms with Gasteiger partial charge in [-0.15, -0.1) is 0 Å². The summed E-state index contributed by atoms with van der Waals surface area (Å²) in [4.78, 5) is 62.8. The van der Waals surface area contributed by atoms with Crippen molar-refractivity contribution in [3.63, 3.8) is 0 Å². The number of carbonyl (C=O) groups is 3. The zero-order chi connectivity index (χ0) is 25.8. The molecule has 12 nitrogen and oxygen atoms in total. The Balaban J connectivity index is 0.00000456. The van der Waals surface area contributed by atoms with Crippen molar-refractivity contribution in [3.05, 3.63) is 52.1 Å². The van der Waals surface area contributed by atoms with Crippen LogP contribution in [0.1, 0.15) is 57.1 Å². The number of fused-ring (bicyclic) bond motifs is 1. The summed E-state index contributed by atoms with van der Waals surface area (Å²) in [6.45, 7) is 5.54. The molecule has 0 bridgehead atoms. The fraction of sp³-hybridized carbons (Fsp3) is 0.375. The van der Waals surface area contributed by atoms with Crippen molar-refractivity contribution in [1.29, 1.82) is 0 Å². The lowest BCUT2D eigenvalue weighted by atomic mass is 9.87. The number of aromatic amines is 1. The molecule has 0 saturated heterocycles. The van der Waals surface area contributed by atoms with Crippen LogP contribution in [0.3, 0.4) is 0 Å². The van der Waals surface area contributed by atoms with E-state index >= 15 is 0 Å². The number of amides is 1. The molecule has 12 heteroatoms. The molecule has 3 rings (SSSR count). The molecule has 1 atom stereocenters. The van der Waals surface area contributed by atoms with Gasteiger partial charge < -0.3 is 21.5 Å². The molecule has 0 saturated carbocycles. The third-order valence-electron chi connectivity index (χ3n) is 5.21.